The monoisotopic (exact) mass is 326 g/mol. The fourth-order valence-corrected chi connectivity index (χ4v) is 3.55. The second kappa shape index (κ2) is 6.81. The van der Waals surface area contributed by atoms with E-state index in [-0.39, 0.29) is 0 Å². The molecule has 0 spiro atoms. The summed E-state index contributed by atoms with van der Waals surface area (Å²) >= 11 is 0. The first-order chi connectivity index (χ1) is 11.8. The number of nitrogens with zero attached hydrogens (tertiary/aromatic N) is 4. The molecule has 2 N–H and O–H groups in total. The zero-order valence-corrected chi connectivity index (χ0v) is 14.3. The van der Waals surface area contributed by atoms with Crippen LogP contribution in [-0.4, -0.2) is 59.2 Å². The number of rotatable bonds is 5. The fraction of sp³-hybridized carbons (Fsp3) is 0.556. The third-order valence-corrected chi connectivity index (χ3v) is 5.02. The van der Waals surface area contributed by atoms with Crippen molar-refractivity contribution in [2.24, 2.45) is 4.99 Å². The Balaban J connectivity index is 1.26. The molecule has 1 atom stereocenters. The highest BCUT2D eigenvalue weighted by molar-refractivity contribution is 5.80. The molecule has 2 fully saturated rings. The lowest BCUT2D eigenvalue weighted by molar-refractivity contribution is 0.321. The van der Waals surface area contributed by atoms with Gasteiger partial charge < -0.3 is 15.2 Å². The van der Waals surface area contributed by atoms with E-state index >= 15 is 0 Å². The highest BCUT2D eigenvalue weighted by Gasteiger charge is 2.34. The SMILES string of the molecule is CN=C(NCCn1cnc2ccccc21)NC1CCN(C2CC2)C1. The summed E-state index contributed by atoms with van der Waals surface area (Å²) in [7, 11) is 1.84. The maximum Gasteiger partial charge on any atom is 0.191 e. The number of aromatic nitrogens is 2. The number of guanidine groups is 1. The number of para-hydroxylation sites is 2. The molecular formula is C18H26N6. The predicted molar refractivity (Wildman–Crippen MR) is 97.2 cm³/mol. The van der Waals surface area contributed by atoms with Gasteiger partial charge in [-0.3, -0.25) is 9.89 Å². The van der Waals surface area contributed by atoms with Gasteiger partial charge in [-0.05, 0) is 31.4 Å². The summed E-state index contributed by atoms with van der Waals surface area (Å²) in [6, 6.07) is 9.62. The molecule has 0 bridgehead atoms. The van der Waals surface area contributed by atoms with E-state index in [2.05, 4.69) is 42.2 Å². The van der Waals surface area contributed by atoms with E-state index in [0.717, 1.165) is 37.2 Å². The molecule has 4 rings (SSSR count). The smallest absolute Gasteiger partial charge is 0.191 e. The lowest BCUT2D eigenvalue weighted by Gasteiger charge is -2.18. The molecule has 1 aliphatic heterocycles. The Bertz CT molecular complexity index is 717. The molecular weight excluding hydrogens is 300 g/mol. The maximum absolute atomic E-state index is 4.43. The number of hydrogen-bond acceptors (Lipinski definition) is 3. The number of imidazole rings is 1. The van der Waals surface area contributed by atoms with Crippen molar-refractivity contribution in [1.29, 1.82) is 0 Å². The molecule has 6 nitrogen and oxygen atoms in total. The van der Waals surface area contributed by atoms with Crippen LogP contribution in [0.2, 0.25) is 0 Å². The molecule has 1 saturated heterocycles. The van der Waals surface area contributed by atoms with Crippen LogP contribution >= 0.6 is 0 Å². The average molecular weight is 326 g/mol. The molecule has 2 aliphatic rings. The van der Waals surface area contributed by atoms with Gasteiger partial charge in [0.25, 0.3) is 0 Å². The molecule has 128 valence electrons. The van der Waals surface area contributed by atoms with Crippen molar-refractivity contribution in [3.8, 4) is 0 Å². The number of aliphatic imine (C=N–C) groups is 1. The minimum atomic E-state index is 0.519. The molecule has 1 aliphatic carbocycles. The fourth-order valence-electron chi connectivity index (χ4n) is 3.55. The van der Waals surface area contributed by atoms with E-state index in [1.165, 1.54) is 31.3 Å². The third-order valence-electron chi connectivity index (χ3n) is 5.02. The Morgan fingerprint density at radius 2 is 2.17 bits per heavy atom. The van der Waals surface area contributed by atoms with Gasteiger partial charge in [-0.25, -0.2) is 4.98 Å². The van der Waals surface area contributed by atoms with Crippen LogP contribution in [-0.2, 0) is 6.54 Å². The topological polar surface area (TPSA) is 57.5 Å². The van der Waals surface area contributed by atoms with Crippen molar-refractivity contribution in [3.05, 3.63) is 30.6 Å². The second-order valence-corrected chi connectivity index (χ2v) is 6.78. The van der Waals surface area contributed by atoms with Crippen LogP contribution in [0.25, 0.3) is 11.0 Å². The summed E-state index contributed by atoms with van der Waals surface area (Å²) in [4.78, 5) is 11.4. The molecule has 1 aromatic carbocycles. The van der Waals surface area contributed by atoms with Gasteiger partial charge in [0.1, 0.15) is 0 Å². The van der Waals surface area contributed by atoms with Crippen molar-refractivity contribution in [2.75, 3.05) is 26.7 Å². The maximum atomic E-state index is 4.43. The summed E-state index contributed by atoms with van der Waals surface area (Å²) in [6.07, 6.45) is 5.90. The van der Waals surface area contributed by atoms with E-state index in [4.69, 9.17) is 0 Å². The average Bonchev–Trinajstić information content (AvgIpc) is 3.22. The number of likely N-dealkylation sites (tertiary alicyclic amines) is 1. The molecule has 24 heavy (non-hydrogen) atoms. The molecule has 0 radical (unpaired) electrons. The third kappa shape index (κ3) is 3.38. The number of hydrogen-bond donors (Lipinski definition) is 2. The quantitative estimate of drug-likeness (QED) is 0.645. The first-order valence-electron chi connectivity index (χ1n) is 8.94. The van der Waals surface area contributed by atoms with E-state index in [0.29, 0.717) is 6.04 Å². The number of fused-ring (bicyclic) bond motifs is 1. The van der Waals surface area contributed by atoms with Crippen LogP contribution in [0.1, 0.15) is 19.3 Å². The Hall–Kier alpha value is -2.08. The lowest BCUT2D eigenvalue weighted by atomic mass is 10.3. The van der Waals surface area contributed by atoms with E-state index in [1.54, 1.807) is 0 Å². The summed E-state index contributed by atoms with van der Waals surface area (Å²) in [6.45, 7) is 4.08. The summed E-state index contributed by atoms with van der Waals surface area (Å²) in [5.41, 5.74) is 2.23. The zero-order chi connectivity index (χ0) is 16.4. The summed E-state index contributed by atoms with van der Waals surface area (Å²) in [5, 5.41) is 7.00. The van der Waals surface area contributed by atoms with Gasteiger partial charge >= 0.3 is 0 Å². The van der Waals surface area contributed by atoms with E-state index in [1.807, 2.05) is 25.5 Å². The summed E-state index contributed by atoms with van der Waals surface area (Å²) in [5.74, 6) is 0.905. The largest absolute Gasteiger partial charge is 0.355 e. The van der Waals surface area contributed by atoms with Crippen molar-refractivity contribution in [2.45, 2.75) is 37.9 Å². The van der Waals surface area contributed by atoms with Crippen LogP contribution in [0.5, 0.6) is 0 Å². The second-order valence-electron chi connectivity index (χ2n) is 6.78. The van der Waals surface area contributed by atoms with Crippen molar-refractivity contribution in [1.82, 2.24) is 25.1 Å². The van der Waals surface area contributed by atoms with Gasteiger partial charge in [-0.1, -0.05) is 12.1 Å². The van der Waals surface area contributed by atoms with Crippen molar-refractivity contribution < 1.29 is 0 Å². The van der Waals surface area contributed by atoms with Crippen LogP contribution < -0.4 is 10.6 Å². The first-order valence-corrected chi connectivity index (χ1v) is 8.94. The Labute approximate surface area is 143 Å². The van der Waals surface area contributed by atoms with Crippen LogP contribution in [0.15, 0.2) is 35.6 Å². The predicted octanol–water partition coefficient (Wildman–Crippen LogP) is 1.44. The minimum absolute atomic E-state index is 0.519. The highest BCUT2D eigenvalue weighted by atomic mass is 15.3. The standard InChI is InChI=1S/C18H26N6/c1-19-18(22-14-8-10-23(12-14)15-6-7-15)20-9-11-24-13-21-16-4-2-3-5-17(16)24/h2-5,13-15H,6-12H2,1H3,(H2,19,20,22). The van der Waals surface area contributed by atoms with Gasteiger partial charge in [0, 0.05) is 45.3 Å². The van der Waals surface area contributed by atoms with Crippen LogP contribution in [0, 0.1) is 0 Å². The van der Waals surface area contributed by atoms with Gasteiger partial charge in [0.05, 0.1) is 17.4 Å². The van der Waals surface area contributed by atoms with Crippen LogP contribution in [0.4, 0.5) is 0 Å². The van der Waals surface area contributed by atoms with Gasteiger partial charge in [0.15, 0.2) is 5.96 Å². The highest BCUT2D eigenvalue weighted by Crippen LogP contribution is 2.29. The molecule has 6 heteroatoms. The Kier molecular flexibility index (Phi) is 4.38. The van der Waals surface area contributed by atoms with Crippen molar-refractivity contribution >= 4 is 17.0 Å². The molecule has 1 saturated carbocycles. The van der Waals surface area contributed by atoms with Gasteiger partial charge in [0.2, 0.25) is 0 Å². The van der Waals surface area contributed by atoms with E-state index in [9.17, 15) is 0 Å². The normalized spacial score (nSPS) is 22.2. The number of benzene rings is 1. The molecule has 2 aromatic rings. The van der Waals surface area contributed by atoms with Gasteiger partial charge in [-0.15, -0.1) is 0 Å². The Morgan fingerprint density at radius 3 is 3.00 bits per heavy atom. The van der Waals surface area contributed by atoms with Gasteiger partial charge in [-0.2, -0.15) is 0 Å². The molecule has 1 unspecified atom stereocenters. The van der Waals surface area contributed by atoms with Crippen molar-refractivity contribution in [3.63, 3.8) is 0 Å². The minimum Gasteiger partial charge on any atom is -0.355 e. The lowest BCUT2D eigenvalue weighted by Crippen LogP contribution is -2.45. The number of nitrogens with one attached hydrogen (secondary N) is 2. The first kappa shape index (κ1) is 15.4. The molecule has 2 heterocycles. The van der Waals surface area contributed by atoms with E-state index < -0.39 is 0 Å². The summed E-state index contributed by atoms with van der Waals surface area (Å²) < 4.78 is 2.18. The molecule has 0 amide bonds. The molecule has 1 aromatic heterocycles. The van der Waals surface area contributed by atoms with Crippen LogP contribution in [0.3, 0.4) is 0 Å². The Morgan fingerprint density at radius 1 is 1.29 bits per heavy atom. The zero-order valence-electron chi connectivity index (χ0n) is 14.3.